The molecule has 0 fully saturated rings. The van der Waals surface area contributed by atoms with Crippen molar-refractivity contribution in [2.24, 2.45) is 10.8 Å². The standard InChI is InChI=1S/C12H18N4O3/c1-17-6-2-5-14-12(16-13)15-9-3-4-10-11(7-9)19-8-18-10/h3-4,7H,2,5-6,8,13H2,1H3,(H2,14,15,16). The molecule has 1 aromatic carbocycles. The summed E-state index contributed by atoms with van der Waals surface area (Å²) >= 11 is 0. The van der Waals surface area contributed by atoms with E-state index in [4.69, 9.17) is 20.1 Å². The molecule has 104 valence electrons. The van der Waals surface area contributed by atoms with Gasteiger partial charge >= 0.3 is 0 Å². The second-order valence-corrected chi connectivity index (χ2v) is 3.91. The molecule has 7 heteroatoms. The summed E-state index contributed by atoms with van der Waals surface area (Å²) in [6.07, 6.45) is 0.838. The molecule has 0 bridgehead atoms. The van der Waals surface area contributed by atoms with E-state index in [1.54, 1.807) is 7.11 Å². The normalized spacial score (nSPS) is 13.5. The predicted octanol–water partition coefficient (Wildman–Crippen LogP) is 0.683. The van der Waals surface area contributed by atoms with E-state index in [9.17, 15) is 0 Å². The molecule has 0 amide bonds. The zero-order chi connectivity index (χ0) is 13.5. The molecule has 0 aromatic heterocycles. The maximum atomic E-state index is 5.42. The van der Waals surface area contributed by atoms with Crippen LogP contribution >= 0.6 is 0 Å². The van der Waals surface area contributed by atoms with Gasteiger partial charge in [0.25, 0.3) is 0 Å². The molecule has 1 aromatic rings. The minimum atomic E-state index is 0.256. The van der Waals surface area contributed by atoms with Gasteiger partial charge in [0.05, 0.1) is 0 Å². The summed E-state index contributed by atoms with van der Waals surface area (Å²) in [6.45, 7) is 1.56. The maximum absolute atomic E-state index is 5.42. The molecule has 19 heavy (non-hydrogen) atoms. The zero-order valence-electron chi connectivity index (χ0n) is 10.8. The van der Waals surface area contributed by atoms with Gasteiger partial charge in [-0.2, -0.15) is 0 Å². The van der Waals surface area contributed by atoms with Gasteiger partial charge in [-0.25, -0.2) is 5.84 Å². The quantitative estimate of drug-likeness (QED) is 0.239. The number of nitrogens with zero attached hydrogens (tertiary/aromatic N) is 1. The van der Waals surface area contributed by atoms with Crippen LogP contribution in [0.25, 0.3) is 0 Å². The van der Waals surface area contributed by atoms with Gasteiger partial charge in [-0.1, -0.05) is 0 Å². The lowest BCUT2D eigenvalue weighted by atomic mass is 10.3. The number of hydrogen-bond donors (Lipinski definition) is 3. The molecule has 2 rings (SSSR count). The summed E-state index contributed by atoms with van der Waals surface area (Å²) in [4.78, 5) is 4.29. The van der Waals surface area contributed by atoms with Crippen molar-refractivity contribution in [2.75, 3.05) is 32.4 Å². The molecule has 0 spiro atoms. The molecule has 0 atom stereocenters. The van der Waals surface area contributed by atoms with Gasteiger partial charge in [0.2, 0.25) is 12.8 Å². The van der Waals surface area contributed by atoms with E-state index in [0.717, 1.165) is 17.9 Å². The van der Waals surface area contributed by atoms with Crippen LogP contribution in [0.15, 0.2) is 23.2 Å². The van der Waals surface area contributed by atoms with E-state index >= 15 is 0 Å². The molecular weight excluding hydrogens is 248 g/mol. The minimum absolute atomic E-state index is 0.256. The van der Waals surface area contributed by atoms with Gasteiger partial charge in [0, 0.05) is 32.0 Å². The number of aliphatic imine (C=N–C) groups is 1. The van der Waals surface area contributed by atoms with Crippen LogP contribution in [-0.2, 0) is 4.74 Å². The Labute approximate surface area is 111 Å². The van der Waals surface area contributed by atoms with E-state index in [2.05, 4.69) is 15.7 Å². The Morgan fingerprint density at radius 3 is 3.05 bits per heavy atom. The smallest absolute Gasteiger partial charge is 0.231 e. The molecule has 0 radical (unpaired) electrons. The van der Waals surface area contributed by atoms with E-state index in [-0.39, 0.29) is 6.79 Å². The van der Waals surface area contributed by atoms with Crippen molar-refractivity contribution >= 4 is 11.6 Å². The van der Waals surface area contributed by atoms with E-state index in [1.807, 2.05) is 18.2 Å². The number of guanidine groups is 1. The van der Waals surface area contributed by atoms with Gasteiger partial charge in [0.15, 0.2) is 11.5 Å². The Bertz CT molecular complexity index is 451. The molecule has 0 saturated heterocycles. The fraction of sp³-hybridized carbons (Fsp3) is 0.417. The van der Waals surface area contributed by atoms with Crippen LogP contribution in [0.3, 0.4) is 0 Å². The SMILES string of the molecule is COCCCN=C(NN)Nc1ccc2c(c1)OCO2. The highest BCUT2D eigenvalue weighted by Gasteiger charge is 2.13. The van der Waals surface area contributed by atoms with Crippen molar-refractivity contribution in [2.45, 2.75) is 6.42 Å². The highest BCUT2D eigenvalue weighted by molar-refractivity contribution is 5.93. The lowest BCUT2D eigenvalue weighted by molar-refractivity contribution is 0.174. The number of anilines is 1. The van der Waals surface area contributed by atoms with Crippen LogP contribution in [0.4, 0.5) is 5.69 Å². The second kappa shape index (κ2) is 6.81. The van der Waals surface area contributed by atoms with Crippen LogP contribution in [0.1, 0.15) is 6.42 Å². The first kappa shape index (κ1) is 13.4. The summed E-state index contributed by atoms with van der Waals surface area (Å²) < 4.78 is 15.5. The minimum Gasteiger partial charge on any atom is -0.454 e. The van der Waals surface area contributed by atoms with Crippen LogP contribution in [0.2, 0.25) is 0 Å². The molecule has 0 unspecified atom stereocenters. The Morgan fingerprint density at radius 2 is 2.26 bits per heavy atom. The predicted molar refractivity (Wildman–Crippen MR) is 72.3 cm³/mol. The van der Waals surface area contributed by atoms with Gasteiger partial charge in [-0.3, -0.25) is 10.4 Å². The molecule has 1 aliphatic rings. The molecular formula is C12H18N4O3. The number of hydrazine groups is 1. The first-order valence-electron chi connectivity index (χ1n) is 6.00. The number of fused-ring (bicyclic) bond motifs is 1. The zero-order valence-corrected chi connectivity index (χ0v) is 10.8. The third-order valence-electron chi connectivity index (χ3n) is 2.55. The van der Waals surface area contributed by atoms with E-state index < -0.39 is 0 Å². The first-order chi connectivity index (χ1) is 9.33. The van der Waals surface area contributed by atoms with E-state index in [1.165, 1.54) is 0 Å². The lowest BCUT2D eigenvalue weighted by Crippen LogP contribution is -2.36. The largest absolute Gasteiger partial charge is 0.454 e. The number of methoxy groups -OCH3 is 1. The van der Waals surface area contributed by atoms with Crippen LogP contribution in [0, 0.1) is 0 Å². The van der Waals surface area contributed by atoms with Gasteiger partial charge in [-0.05, 0) is 18.6 Å². The number of nitrogens with one attached hydrogen (secondary N) is 2. The molecule has 4 N–H and O–H groups in total. The number of hydrogen-bond acceptors (Lipinski definition) is 5. The van der Waals surface area contributed by atoms with Crippen molar-refractivity contribution in [3.63, 3.8) is 0 Å². The fourth-order valence-corrected chi connectivity index (χ4v) is 1.63. The summed E-state index contributed by atoms with van der Waals surface area (Å²) in [5.74, 6) is 7.36. The van der Waals surface area contributed by atoms with Crippen LogP contribution in [-0.4, -0.2) is 33.0 Å². The Hall–Kier alpha value is -1.99. The van der Waals surface area contributed by atoms with Crippen molar-refractivity contribution in [3.8, 4) is 11.5 Å². The maximum Gasteiger partial charge on any atom is 0.231 e. The summed E-state index contributed by atoms with van der Waals surface area (Å²) in [5.41, 5.74) is 3.35. The molecule has 1 aliphatic heterocycles. The van der Waals surface area contributed by atoms with Crippen LogP contribution < -0.4 is 26.1 Å². The van der Waals surface area contributed by atoms with Crippen LogP contribution in [0.5, 0.6) is 11.5 Å². The van der Waals surface area contributed by atoms with Gasteiger partial charge in [-0.15, -0.1) is 0 Å². The second-order valence-electron chi connectivity index (χ2n) is 3.91. The van der Waals surface area contributed by atoms with Crippen molar-refractivity contribution < 1.29 is 14.2 Å². The number of ether oxygens (including phenoxy) is 3. The topological polar surface area (TPSA) is 90.1 Å². The molecule has 7 nitrogen and oxygen atoms in total. The fourth-order valence-electron chi connectivity index (χ4n) is 1.63. The third-order valence-corrected chi connectivity index (χ3v) is 2.55. The van der Waals surface area contributed by atoms with Gasteiger partial charge < -0.3 is 19.5 Å². The molecule has 0 saturated carbocycles. The molecule has 0 aliphatic carbocycles. The average molecular weight is 266 g/mol. The number of rotatable bonds is 5. The third kappa shape index (κ3) is 3.73. The summed E-state index contributed by atoms with van der Waals surface area (Å²) in [5, 5.41) is 3.07. The highest BCUT2D eigenvalue weighted by Crippen LogP contribution is 2.34. The number of benzene rings is 1. The van der Waals surface area contributed by atoms with Crippen molar-refractivity contribution in [1.29, 1.82) is 0 Å². The lowest BCUT2D eigenvalue weighted by Gasteiger charge is -2.09. The monoisotopic (exact) mass is 266 g/mol. The van der Waals surface area contributed by atoms with Crippen molar-refractivity contribution in [1.82, 2.24) is 5.43 Å². The summed E-state index contributed by atoms with van der Waals surface area (Å²) in [7, 11) is 1.66. The average Bonchev–Trinajstić information content (AvgIpc) is 2.89. The Morgan fingerprint density at radius 1 is 1.42 bits per heavy atom. The Kier molecular flexibility index (Phi) is 4.82. The summed E-state index contributed by atoms with van der Waals surface area (Å²) in [6, 6.07) is 5.55. The Balaban J connectivity index is 1.94. The van der Waals surface area contributed by atoms with Gasteiger partial charge in [0.1, 0.15) is 0 Å². The number of nitrogens with two attached hydrogens (primary N) is 1. The van der Waals surface area contributed by atoms with Crippen molar-refractivity contribution in [3.05, 3.63) is 18.2 Å². The highest BCUT2D eigenvalue weighted by atomic mass is 16.7. The first-order valence-corrected chi connectivity index (χ1v) is 6.00. The molecule has 1 heterocycles. The van der Waals surface area contributed by atoms with E-state index in [0.29, 0.717) is 24.9 Å².